The van der Waals surface area contributed by atoms with E-state index in [0.717, 1.165) is 17.2 Å². The van der Waals surface area contributed by atoms with Crippen LogP contribution >= 0.6 is 0 Å². The first-order chi connectivity index (χ1) is 8.75. The molecule has 0 unspecified atom stereocenters. The summed E-state index contributed by atoms with van der Waals surface area (Å²) in [6, 6.07) is 7.76. The van der Waals surface area contributed by atoms with Gasteiger partial charge in [0.05, 0.1) is 24.5 Å². The summed E-state index contributed by atoms with van der Waals surface area (Å²) in [5.41, 5.74) is 1.86. The number of para-hydroxylation sites is 2. The number of hydrogen-bond acceptors (Lipinski definition) is 4. The molecule has 1 aliphatic heterocycles. The summed E-state index contributed by atoms with van der Waals surface area (Å²) >= 11 is 0. The molecule has 6 nitrogen and oxygen atoms in total. The summed E-state index contributed by atoms with van der Waals surface area (Å²) < 4.78 is 1.68. The van der Waals surface area contributed by atoms with Gasteiger partial charge in [-0.1, -0.05) is 12.1 Å². The Balaban J connectivity index is 1.96. The predicted octanol–water partition coefficient (Wildman–Crippen LogP) is 0.774. The molecule has 0 spiro atoms. The third-order valence-electron chi connectivity index (χ3n) is 3.03. The van der Waals surface area contributed by atoms with Crippen LogP contribution in [0.25, 0.3) is 0 Å². The summed E-state index contributed by atoms with van der Waals surface area (Å²) in [6.45, 7) is 0.753. The highest BCUT2D eigenvalue weighted by Crippen LogP contribution is 2.29. The lowest BCUT2D eigenvalue weighted by Crippen LogP contribution is -2.39. The van der Waals surface area contributed by atoms with E-state index in [-0.39, 0.29) is 5.91 Å². The Kier molecular flexibility index (Phi) is 2.47. The summed E-state index contributed by atoms with van der Waals surface area (Å²) in [5.74, 6) is 0.803. The lowest BCUT2D eigenvalue weighted by Gasteiger charge is -2.29. The van der Waals surface area contributed by atoms with E-state index in [0.29, 0.717) is 13.1 Å². The molecule has 0 fully saturated rings. The zero-order valence-corrected chi connectivity index (χ0v) is 10.00. The molecular weight excluding hydrogens is 230 g/mol. The van der Waals surface area contributed by atoms with Gasteiger partial charge in [-0.2, -0.15) is 5.10 Å². The van der Waals surface area contributed by atoms with Crippen LogP contribution in [0.15, 0.2) is 30.6 Å². The maximum Gasteiger partial charge on any atom is 0.246 e. The molecule has 1 N–H and O–H groups in total. The number of fused-ring (bicyclic) bond motifs is 1. The average Bonchev–Trinajstić information content (AvgIpc) is 2.79. The van der Waals surface area contributed by atoms with E-state index in [1.165, 1.54) is 6.33 Å². The highest BCUT2D eigenvalue weighted by molar-refractivity contribution is 6.02. The monoisotopic (exact) mass is 243 g/mol. The molecule has 2 heterocycles. The van der Waals surface area contributed by atoms with Crippen LogP contribution < -0.4 is 10.2 Å². The van der Waals surface area contributed by atoms with E-state index >= 15 is 0 Å². The first kappa shape index (κ1) is 10.8. The Labute approximate surface area is 104 Å². The van der Waals surface area contributed by atoms with Crippen molar-refractivity contribution in [2.24, 2.45) is 7.05 Å². The normalized spacial score (nSPS) is 14.3. The Morgan fingerprint density at radius 1 is 1.39 bits per heavy atom. The number of amides is 1. The van der Waals surface area contributed by atoms with Crippen LogP contribution in [-0.4, -0.2) is 27.2 Å². The third kappa shape index (κ3) is 1.71. The van der Waals surface area contributed by atoms with E-state index in [9.17, 15) is 4.79 Å². The van der Waals surface area contributed by atoms with Gasteiger partial charge in [-0.05, 0) is 12.1 Å². The molecule has 6 heteroatoms. The Morgan fingerprint density at radius 3 is 3.00 bits per heavy atom. The van der Waals surface area contributed by atoms with Gasteiger partial charge in [-0.25, -0.2) is 4.98 Å². The number of nitrogens with one attached hydrogen (secondary N) is 1. The van der Waals surface area contributed by atoms with Gasteiger partial charge in [0.15, 0.2) is 0 Å². The van der Waals surface area contributed by atoms with Gasteiger partial charge in [0.2, 0.25) is 5.91 Å². The van der Waals surface area contributed by atoms with Crippen molar-refractivity contribution < 1.29 is 4.79 Å². The van der Waals surface area contributed by atoms with E-state index in [4.69, 9.17) is 0 Å². The number of benzene rings is 1. The molecule has 92 valence electrons. The standard InChI is InChI=1S/C12H13N5O/c1-16-11(14-8-15-16)7-17-10-5-3-2-4-9(10)13-6-12(17)18/h2-5,8,13H,6-7H2,1H3. The van der Waals surface area contributed by atoms with Crippen molar-refractivity contribution in [3.8, 4) is 0 Å². The third-order valence-corrected chi connectivity index (χ3v) is 3.03. The van der Waals surface area contributed by atoms with Crippen molar-refractivity contribution in [1.82, 2.24) is 14.8 Å². The van der Waals surface area contributed by atoms with E-state index in [2.05, 4.69) is 15.4 Å². The Hall–Kier alpha value is -2.37. The van der Waals surface area contributed by atoms with Crippen LogP contribution in [0.1, 0.15) is 5.82 Å². The van der Waals surface area contributed by atoms with Crippen LogP contribution in [0.5, 0.6) is 0 Å². The van der Waals surface area contributed by atoms with Crippen LogP contribution in [-0.2, 0) is 18.4 Å². The fourth-order valence-electron chi connectivity index (χ4n) is 2.04. The second-order valence-electron chi connectivity index (χ2n) is 4.15. The molecule has 2 aromatic rings. The minimum absolute atomic E-state index is 0.0386. The van der Waals surface area contributed by atoms with Gasteiger partial charge in [0, 0.05) is 7.05 Å². The molecule has 1 aromatic carbocycles. The minimum atomic E-state index is 0.0386. The number of carbonyl (C=O) groups excluding carboxylic acids is 1. The predicted molar refractivity (Wildman–Crippen MR) is 67.1 cm³/mol. The molecule has 1 aliphatic rings. The number of aromatic nitrogens is 3. The number of rotatable bonds is 2. The summed E-state index contributed by atoms with van der Waals surface area (Å²) in [7, 11) is 1.82. The fraction of sp³-hybridized carbons (Fsp3) is 0.250. The van der Waals surface area contributed by atoms with Gasteiger partial charge in [-0.15, -0.1) is 0 Å². The van der Waals surface area contributed by atoms with Crippen LogP contribution in [0.4, 0.5) is 11.4 Å². The Morgan fingerprint density at radius 2 is 2.22 bits per heavy atom. The maximum atomic E-state index is 12.0. The number of anilines is 2. The van der Waals surface area contributed by atoms with Crippen molar-refractivity contribution in [2.75, 3.05) is 16.8 Å². The fourth-order valence-corrected chi connectivity index (χ4v) is 2.04. The van der Waals surface area contributed by atoms with Crippen molar-refractivity contribution in [1.29, 1.82) is 0 Å². The lowest BCUT2D eigenvalue weighted by molar-refractivity contribution is -0.117. The number of nitrogens with zero attached hydrogens (tertiary/aromatic N) is 4. The van der Waals surface area contributed by atoms with Crippen molar-refractivity contribution >= 4 is 17.3 Å². The summed E-state index contributed by atoms with van der Waals surface area (Å²) in [6.07, 6.45) is 1.49. The van der Waals surface area contributed by atoms with Crippen LogP contribution in [0.2, 0.25) is 0 Å². The van der Waals surface area contributed by atoms with Crippen LogP contribution in [0, 0.1) is 0 Å². The molecule has 3 rings (SSSR count). The molecule has 1 aromatic heterocycles. The van der Waals surface area contributed by atoms with Gasteiger partial charge >= 0.3 is 0 Å². The van der Waals surface area contributed by atoms with Gasteiger partial charge in [0.25, 0.3) is 0 Å². The Bertz CT molecular complexity index is 592. The first-order valence-electron chi connectivity index (χ1n) is 5.72. The molecule has 0 atom stereocenters. The molecular formula is C12H13N5O. The largest absolute Gasteiger partial charge is 0.374 e. The number of hydrogen-bond donors (Lipinski definition) is 1. The number of aryl methyl sites for hydroxylation is 1. The molecule has 1 amide bonds. The van der Waals surface area contributed by atoms with Gasteiger partial charge in [-0.3, -0.25) is 9.48 Å². The minimum Gasteiger partial charge on any atom is -0.374 e. The zero-order valence-electron chi connectivity index (χ0n) is 10.00. The van der Waals surface area contributed by atoms with E-state index in [1.807, 2.05) is 31.3 Å². The van der Waals surface area contributed by atoms with E-state index in [1.54, 1.807) is 9.58 Å². The van der Waals surface area contributed by atoms with Crippen LogP contribution in [0.3, 0.4) is 0 Å². The highest BCUT2D eigenvalue weighted by atomic mass is 16.2. The van der Waals surface area contributed by atoms with Crippen molar-refractivity contribution in [3.05, 3.63) is 36.4 Å². The topological polar surface area (TPSA) is 63.1 Å². The van der Waals surface area contributed by atoms with Crippen molar-refractivity contribution in [3.63, 3.8) is 0 Å². The molecule has 18 heavy (non-hydrogen) atoms. The molecule has 0 saturated carbocycles. The van der Waals surface area contributed by atoms with Gasteiger partial charge in [0.1, 0.15) is 12.2 Å². The molecule has 0 radical (unpaired) electrons. The number of carbonyl (C=O) groups is 1. The molecule has 0 bridgehead atoms. The zero-order chi connectivity index (χ0) is 12.5. The first-order valence-corrected chi connectivity index (χ1v) is 5.72. The molecule has 0 saturated heterocycles. The summed E-state index contributed by atoms with van der Waals surface area (Å²) in [5, 5.41) is 7.12. The smallest absolute Gasteiger partial charge is 0.246 e. The quantitative estimate of drug-likeness (QED) is 0.846. The second-order valence-corrected chi connectivity index (χ2v) is 4.15. The van der Waals surface area contributed by atoms with E-state index < -0.39 is 0 Å². The molecule has 0 aliphatic carbocycles. The average molecular weight is 243 g/mol. The van der Waals surface area contributed by atoms with Crippen molar-refractivity contribution in [2.45, 2.75) is 6.54 Å². The highest BCUT2D eigenvalue weighted by Gasteiger charge is 2.24. The lowest BCUT2D eigenvalue weighted by atomic mass is 10.2. The SMILES string of the molecule is Cn1ncnc1CN1C(=O)CNc2ccccc21. The van der Waals surface area contributed by atoms with Gasteiger partial charge < -0.3 is 10.2 Å². The second kappa shape index (κ2) is 4.14. The summed E-state index contributed by atoms with van der Waals surface area (Å²) in [4.78, 5) is 17.9. The maximum absolute atomic E-state index is 12.0.